The van der Waals surface area contributed by atoms with E-state index < -0.39 is 0 Å². The van der Waals surface area contributed by atoms with Gasteiger partial charge in [0.25, 0.3) is 0 Å². The summed E-state index contributed by atoms with van der Waals surface area (Å²) in [4.78, 5) is 4.04. The first-order valence-electron chi connectivity index (χ1n) is 4.40. The van der Waals surface area contributed by atoms with Crippen molar-refractivity contribution in [3.05, 3.63) is 46.9 Å². The molecule has 0 saturated heterocycles. The Hall–Kier alpha value is -2.30. The molecule has 0 spiro atoms. The number of hydrogen-bond donors (Lipinski definition) is 0. The molecule has 0 amide bonds. The second kappa shape index (κ2) is 4.06. The van der Waals surface area contributed by atoms with Crippen molar-refractivity contribution in [3.8, 4) is 18.0 Å². The standard InChI is InChI=1S/C11H5ClN4/c12-10-8(6-13)5-9(7-14)11(15-10)16-3-1-2-4-16/h1-5H. The summed E-state index contributed by atoms with van der Waals surface area (Å²) in [5, 5.41) is 17.8. The maximum absolute atomic E-state index is 8.97. The normalized spacial score (nSPS) is 9.44. The minimum Gasteiger partial charge on any atom is -0.308 e. The molecule has 0 aliphatic rings. The van der Waals surface area contributed by atoms with Crippen LogP contribution in [0.4, 0.5) is 0 Å². The van der Waals surface area contributed by atoms with Gasteiger partial charge in [-0.25, -0.2) is 4.98 Å². The maximum atomic E-state index is 8.97. The van der Waals surface area contributed by atoms with E-state index in [1.54, 1.807) is 17.0 Å². The van der Waals surface area contributed by atoms with Crippen LogP contribution >= 0.6 is 11.6 Å². The predicted molar refractivity (Wildman–Crippen MR) is 58.0 cm³/mol. The Labute approximate surface area is 96.9 Å². The largest absolute Gasteiger partial charge is 0.308 e. The van der Waals surface area contributed by atoms with Crippen LogP contribution in [0, 0.1) is 22.7 Å². The van der Waals surface area contributed by atoms with E-state index in [-0.39, 0.29) is 10.7 Å². The summed E-state index contributed by atoms with van der Waals surface area (Å²) in [7, 11) is 0. The topological polar surface area (TPSA) is 65.4 Å². The first-order chi connectivity index (χ1) is 7.76. The Balaban J connectivity index is 2.69. The van der Waals surface area contributed by atoms with E-state index in [4.69, 9.17) is 22.1 Å². The number of nitriles is 2. The van der Waals surface area contributed by atoms with Gasteiger partial charge in [-0.1, -0.05) is 11.6 Å². The molecule has 0 saturated carbocycles. The summed E-state index contributed by atoms with van der Waals surface area (Å²) in [6.07, 6.45) is 3.51. The lowest BCUT2D eigenvalue weighted by Gasteiger charge is -2.05. The maximum Gasteiger partial charge on any atom is 0.156 e. The fraction of sp³-hybridized carbons (Fsp3) is 0. The lowest BCUT2D eigenvalue weighted by atomic mass is 10.2. The molecule has 0 fully saturated rings. The molecule has 4 nitrogen and oxygen atoms in total. The first kappa shape index (κ1) is 10.2. The number of halogens is 1. The minimum atomic E-state index is 0.102. The Morgan fingerprint density at radius 3 is 2.31 bits per heavy atom. The molecule has 76 valence electrons. The zero-order valence-corrected chi connectivity index (χ0v) is 8.81. The van der Waals surface area contributed by atoms with E-state index in [1.165, 1.54) is 6.07 Å². The summed E-state index contributed by atoms with van der Waals surface area (Å²) in [5.74, 6) is 0.427. The van der Waals surface area contributed by atoms with E-state index >= 15 is 0 Å². The molecule has 0 unspecified atom stereocenters. The Kier molecular flexibility index (Phi) is 2.59. The smallest absolute Gasteiger partial charge is 0.156 e. The van der Waals surface area contributed by atoms with Crippen molar-refractivity contribution in [3.63, 3.8) is 0 Å². The summed E-state index contributed by atoms with van der Waals surface area (Å²) in [5.41, 5.74) is 0.520. The van der Waals surface area contributed by atoms with Crippen molar-refractivity contribution >= 4 is 11.6 Å². The van der Waals surface area contributed by atoms with Gasteiger partial charge in [0.1, 0.15) is 17.3 Å². The van der Waals surface area contributed by atoms with Crippen LogP contribution in [0.25, 0.3) is 5.82 Å². The summed E-state index contributed by atoms with van der Waals surface area (Å²) in [6, 6.07) is 8.94. The molecule has 2 heterocycles. The molecule has 5 heteroatoms. The van der Waals surface area contributed by atoms with E-state index in [0.717, 1.165) is 0 Å². The third-order valence-electron chi connectivity index (χ3n) is 2.05. The van der Waals surface area contributed by atoms with Crippen molar-refractivity contribution in [1.82, 2.24) is 9.55 Å². The third kappa shape index (κ3) is 1.63. The fourth-order valence-electron chi connectivity index (χ4n) is 1.32. The zero-order chi connectivity index (χ0) is 11.5. The van der Waals surface area contributed by atoms with Crippen LogP contribution in [0.1, 0.15) is 11.1 Å². The van der Waals surface area contributed by atoms with Crippen LogP contribution in [0.2, 0.25) is 5.15 Å². The van der Waals surface area contributed by atoms with Crippen LogP contribution in [0.15, 0.2) is 30.6 Å². The van der Waals surface area contributed by atoms with Gasteiger partial charge in [0, 0.05) is 12.4 Å². The molecular formula is C11H5ClN4. The molecule has 0 aliphatic carbocycles. The van der Waals surface area contributed by atoms with Crippen LogP contribution in [0.5, 0.6) is 0 Å². The Morgan fingerprint density at radius 1 is 1.12 bits per heavy atom. The van der Waals surface area contributed by atoms with Crippen LogP contribution in [0.3, 0.4) is 0 Å². The molecule has 16 heavy (non-hydrogen) atoms. The van der Waals surface area contributed by atoms with Crippen molar-refractivity contribution in [2.75, 3.05) is 0 Å². The molecule has 0 N–H and O–H groups in total. The van der Waals surface area contributed by atoms with Crippen molar-refractivity contribution in [2.24, 2.45) is 0 Å². The molecule has 0 bridgehead atoms. The van der Waals surface area contributed by atoms with Crippen molar-refractivity contribution < 1.29 is 0 Å². The molecule has 2 rings (SSSR count). The highest BCUT2D eigenvalue weighted by atomic mass is 35.5. The lowest BCUT2D eigenvalue weighted by molar-refractivity contribution is 0.998. The molecule has 2 aromatic heterocycles. The second-order valence-electron chi connectivity index (χ2n) is 3.01. The highest BCUT2D eigenvalue weighted by Gasteiger charge is 2.10. The molecule has 2 aromatic rings. The third-order valence-corrected chi connectivity index (χ3v) is 2.33. The number of rotatable bonds is 1. The van der Waals surface area contributed by atoms with Gasteiger partial charge in [0.15, 0.2) is 5.82 Å². The average Bonchev–Trinajstić information content (AvgIpc) is 2.82. The van der Waals surface area contributed by atoms with E-state index in [1.807, 2.05) is 24.3 Å². The molecular weight excluding hydrogens is 224 g/mol. The number of hydrogen-bond acceptors (Lipinski definition) is 3. The molecule has 0 aliphatic heterocycles. The van der Waals surface area contributed by atoms with Gasteiger partial charge in [-0.05, 0) is 18.2 Å². The van der Waals surface area contributed by atoms with Crippen molar-refractivity contribution in [1.29, 1.82) is 10.5 Å². The van der Waals surface area contributed by atoms with Gasteiger partial charge >= 0.3 is 0 Å². The molecule has 0 atom stereocenters. The Morgan fingerprint density at radius 2 is 1.75 bits per heavy atom. The summed E-state index contributed by atoms with van der Waals surface area (Å²) in [6.45, 7) is 0. The van der Waals surface area contributed by atoms with Crippen LogP contribution < -0.4 is 0 Å². The monoisotopic (exact) mass is 228 g/mol. The van der Waals surface area contributed by atoms with E-state index in [2.05, 4.69) is 4.98 Å². The van der Waals surface area contributed by atoms with Gasteiger partial charge in [0.2, 0.25) is 0 Å². The number of pyridine rings is 1. The minimum absolute atomic E-state index is 0.102. The van der Waals surface area contributed by atoms with Gasteiger partial charge < -0.3 is 4.57 Å². The molecule has 0 aromatic carbocycles. The highest BCUT2D eigenvalue weighted by molar-refractivity contribution is 6.30. The lowest BCUT2D eigenvalue weighted by Crippen LogP contribution is -2.00. The van der Waals surface area contributed by atoms with Crippen LogP contribution in [-0.2, 0) is 0 Å². The summed E-state index contributed by atoms with van der Waals surface area (Å²) >= 11 is 5.82. The number of aromatic nitrogens is 2. The van der Waals surface area contributed by atoms with Crippen LogP contribution in [-0.4, -0.2) is 9.55 Å². The van der Waals surface area contributed by atoms with Gasteiger partial charge in [-0.15, -0.1) is 0 Å². The van der Waals surface area contributed by atoms with E-state index in [9.17, 15) is 0 Å². The predicted octanol–water partition coefficient (Wildman–Crippen LogP) is 2.27. The SMILES string of the molecule is N#Cc1cc(C#N)c(-n2cccc2)nc1Cl. The second-order valence-corrected chi connectivity index (χ2v) is 3.37. The quantitative estimate of drug-likeness (QED) is 0.704. The zero-order valence-electron chi connectivity index (χ0n) is 8.05. The van der Waals surface area contributed by atoms with Gasteiger partial charge in [-0.2, -0.15) is 10.5 Å². The number of nitrogens with zero attached hydrogens (tertiary/aromatic N) is 4. The summed E-state index contributed by atoms with van der Waals surface area (Å²) < 4.78 is 1.67. The molecule has 0 radical (unpaired) electrons. The first-order valence-corrected chi connectivity index (χ1v) is 4.78. The van der Waals surface area contributed by atoms with E-state index in [0.29, 0.717) is 11.4 Å². The Bertz CT molecular complexity index is 602. The van der Waals surface area contributed by atoms with Gasteiger partial charge in [0.05, 0.1) is 11.1 Å². The van der Waals surface area contributed by atoms with Crippen molar-refractivity contribution in [2.45, 2.75) is 0 Å². The fourth-order valence-corrected chi connectivity index (χ4v) is 1.49. The highest BCUT2D eigenvalue weighted by Crippen LogP contribution is 2.19. The van der Waals surface area contributed by atoms with Gasteiger partial charge in [-0.3, -0.25) is 0 Å². The average molecular weight is 229 g/mol.